The van der Waals surface area contributed by atoms with Crippen LogP contribution in [0.25, 0.3) is 0 Å². The summed E-state index contributed by atoms with van der Waals surface area (Å²) < 4.78 is 12.5. The third kappa shape index (κ3) is 3.27. The molecule has 0 aromatic carbocycles. The van der Waals surface area contributed by atoms with Gasteiger partial charge in [0.05, 0.1) is 18.9 Å². The fourth-order valence-electron chi connectivity index (χ4n) is 14.9. The molecule has 1 N–H and O–H groups in total. The van der Waals surface area contributed by atoms with Crippen molar-refractivity contribution in [1.82, 2.24) is 4.90 Å². The van der Waals surface area contributed by atoms with Crippen LogP contribution in [-0.2, 0) is 4.74 Å². The largest absolute Gasteiger partial charge is 0.461 e. The fraction of sp³-hybridized carbons (Fsp3) is 0.744. The first-order valence-corrected chi connectivity index (χ1v) is 18.2. The van der Waals surface area contributed by atoms with Gasteiger partial charge in [0, 0.05) is 28.4 Å². The van der Waals surface area contributed by atoms with Crippen LogP contribution in [0.3, 0.4) is 0 Å². The van der Waals surface area contributed by atoms with Gasteiger partial charge in [0.15, 0.2) is 5.76 Å². The smallest absolute Gasteiger partial charge is 0.410 e. The minimum absolute atomic E-state index is 0.00658. The highest BCUT2D eigenvalue weighted by Gasteiger charge is 2.76. The lowest BCUT2D eigenvalue weighted by molar-refractivity contribution is -0.165. The van der Waals surface area contributed by atoms with E-state index < -0.39 is 11.0 Å². The van der Waals surface area contributed by atoms with Crippen LogP contribution < -0.4 is 0 Å². The molecule has 1 saturated heterocycles. The van der Waals surface area contributed by atoms with Gasteiger partial charge in [-0.15, -0.1) is 0 Å². The highest BCUT2D eigenvalue weighted by Crippen LogP contribution is 2.79. The van der Waals surface area contributed by atoms with Gasteiger partial charge in [0.2, 0.25) is 5.78 Å². The van der Waals surface area contributed by atoms with Crippen LogP contribution in [0.2, 0.25) is 0 Å². The van der Waals surface area contributed by atoms with Crippen molar-refractivity contribution in [3.63, 3.8) is 0 Å². The lowest BCUT2D eigenvalue weighted by atomic mass is 9.32. The molecule has 1 amide bonds. The lowest BCUT2D eigenvalue weighted by Crippen LogP contribution is -2.67. The predicted molar refractivity (Wildman–Crippen MR) is 168 cm³/mol. The van der Waals surface area contributed by atoms with Crippen LogP contribution in [0.15, 0.2) is 46.6 Å². The van der Waals surface area contributed by atoms with E-state index in [2.05, 4.69) is 37.0 Å². The highest BCUT2D eigenvalue weighted by atomic mass is 16.6. The minimum atomic E-state index is -0.515. The molecule has 1 aromatic rings. The van der Waals surface area contributed by atoms with Gasteiger partial charge in [-0.25, -0.2) is 4.79 Å². The summed E-state index contributed by atoms with van der Waals surface area (Å²) in [6.07, 6.45) is 22.6. The number of ether oxygens (including phenoxy) is 1. The number of allylic oxidation sites excluding steroid dienone is 4. The molecular weight excluding hydrogens is 562 g/mol. The fourth-order valence-corrected chi connectivity index (χ4v) is 14.9. The number of rotatable bonds is 4. The molecule has 10 aliphatic carbocycles. The third-order valence-corrected chi connectivity index (χ3v) is 16.3. The average Bonchev–Trinajstić information content (AvgIpc) is 3.70. The monoisotopic (exact) mass is 611 g/mol. The van der Waals surface area contributed by atoms with Gasteiger partial charge in [-0.3, -0.25) is 4.79 Å². The zero-order valence-electron chi connectivity index (χ0n) is 27.1. The topological polar surface area (TPSA) is 80.0 Å². The number of nitrogens with zero attached hydrogens (tertiary/aromatic N) is 1. The zero-order valence-corrected chi connectivity index (χ0v) is 27.1. The number of fused-ring (bicyclic) bond motifs is 2. The number of furan rings is 1. The van der Waals surface area contributed by atoms with Crippen LogP contribution in [-0.4, -0.2) is 46.7 Å². The van der Waals surface area contributed by atoms with Crippen molar-refractivity contribution in [3.8, 4) is 0 Å². The molecule has 45 heavy (non-hydrogen) atoms. The number of aliphatic hydroxyl groups excluding tert-OH is 1. The van der Waals surface area contributed by atoms with Gasteiger partial charge < -0.3 is 19.2 Å². The minimum Gasteiger partial charge on any atom is -0.461 e. The Morgan fingerprint density at radius 1 is 0.933 bits per heavy atom. The van der Waals surface area contributed by atoms with Crippen molar-refractivity contribution in [1.29, 1.82) is 0 Å². The predicted octanol–water partition coefficient (Wildman–Crippen LogP) is 7.73. The van der Waals surface area contributed by atoms with Crippen molar-refractivity contribution in [3.05, 3.63) is 48.0 Å². The van der Waals surface area contributed by atoms with E-state index in [1.165, 1.54) is 38.5 Å². The molecule has 8 fully saturated rings. The quantitative estimate of drug-likeness (QED) is 0.278. The second-order valence-corrected chi connectivity index (χ2v) is 18.2. The van der Waals surface area contributed by atoms with Crippen molar-refractivity contribution < 1.29 is 23.8 Å². The van der Waals surface area contributed by atoms with Crippen LogP contribution >= 0.6 is 0 Å². The summed E-state index contributed by atoms with van der Waals surface area (Å²) in [7, 11) is 0. The Kier molecular flexibility index (Phi) is 5.28. The maximum atomic E-state index is 14.5. The molecule has 7 saturated carbocycles. The van der Waals surface area contributed by atoms with Crippen LogP contribution in [0.1, 0.15) is 108 Å². The molecule has 8 atom stereocenters. The van der Waals surface area contributed by atoms with Crippen LogP contribution in [0.4, 0.5) is 4.79 Å². The van der Waals surface area contributed by atoms with E-state index in [0.717, 1.165) is 68.4 Å². The molecule has 1 aliphatic heterocycles. The van der Waals surface area contributed by atoms with Crippen molar-refractivity contribution >= 4 is 11.9 Å². The number of hydrogen-bond acceptors (Lipinski definition) is 5. The number of aliphatic hydroxyl groups is 1. The van der Waals surface area contributed by atoms with Crippen molar-refractivity contribution in [2.24, 2.45) is 56.7 Å². The number of amides is 1. The van der Waals surface area contributed by atoms with E-state index in [1.807, 2.05) is 0 Å². The molecule has 6 nitrogen and oxygen atoms in total. The Labute approximate surface area is 267 Å². The Morgan fingerprint density at radius 2 is 1.62 bits per heavy atom. The van der Waals surface area contributed by atoms with E-state index in [9.17, 15) is 14.7 Å². The molecular formula is C39H49NO5. The molecule has 2 heterocycles. The lowest BCUT2D eigenvalue weighted by Gasteiger charge is -2.71. The van der Waals surface area contributed by atoms with E-state index in [1.54, 1.807) is 18.4 Å². The van der Waals surface area contributed by atoms with Crippen molar-refractivity contribution in [2.75, 3.05) is 13.1 Å². The Morgan fingerprint density at radius 3 is 2.33 bits per heavy atom. The Balaban J connectivity index is 1.03. The molecule has 1 aromatic heterocycles. The number of Topliss-reactive ketones (excluding diaryl/α,β-unsaturated/α-hetero) is 1. The molecule has 240 valence electrons. The molecule has 12 rings (SSSR count). The van der Waals surface area contributed by atoms with Gasteiger partial charge in [-0.2, -0.15) is 0 Å². The van der Waals surface area contributed by atoms with E-state index in [-0.39, 0.29) is 40.1 Å². The van der Waals surface area contributed by atoms with Crippen LogP contribution in [0, 0.1) is 56.7 Å². The van der Waals surface area contributed by atoms with Gasteiger partial charge in [0.1, 0.15) is 5.60 Å². The summed E-state index contributed by atoms with van der Waals surface area (Å²) in [6.45, 7) is 6.42. The SMILES string of the molecule is C[C@]12CC[C@H]3[C@]4(C=C[C@@]5(C=C4C(=O)c4ccco4)C[C@@H](O)CC[C@]35C)[C@@H]1CC[C@@]21CN(CC23CC4CC(CC(C4)C2)C3)C(=O)O1. The maximum Gasteiger partial charge on any atom is 0.410 e. The molecule has 0 unspecified atom stereocenters. The summed E-state index contributed by atoms with van der Waals surface area (Å²) in [5, 5.41) is 10.9. The summed E-state index contributed by atoms with van der Waals surface area (Å²) in [6, 6.07) is 3.60. The molecule has 3 spiro atoms. The van der Waals surface area contributed by atoms with Gasteiger partial charge in [-0.05, 0) is 136 Å². The Hall–Kier alpha value is -2.34. The first-order chi connectivity index (χ1) is 21.5. The standard InChI is InChI=1S/C39H49NO5/c1-34-8-5-27(41)20-37(34)11-12-39(28(21-37)32(42)29-4-3-13-44-29)30(34)6-9-35(2)31(39)7-10-38(35)23-40(33(43)45-38)22-36-17-24-14-25(18-36)16-26(15-24)19-36/h3-4,11-13,21,24-27,30-31,41H,5-10,14-20,22-23H2,1-2H3/t24?,25?,26?,27-,30+,31+,34+,35-,36?,37-,38+,39+/m0/s1. The van der Waals surface area contributed by atoms with Gasteiger partial charge in [-0.1, -0.05) is 32.1 Å². The number of carbonyl (C=O) groups excluding carboxylic acids is 2. The maximum absolute atomic E-state index is 14.5. The zero-order chi connectivity index (χ0) is 30.6. The summed E-state index contributed by atoms with van der Waals surface area (Å²) >= 11 is 0. The number of hydrogen-bond donors (Lipinski definition) is 1. The Bertz CT molecular complexity index is 1510. The first-order valence-electron chi connectivity index (χ1n) is 18.2. The van der Waals surface area contributed by atoms with Gasteiger partial charge >= 0.3 is 6.09 Å². The summed E-state index contributed by atoms with van der Waals surface area (Å²) in [4.78, 5) is 30.5. The van der Waals surface area contributed by atoms with E-state index in [4.69, 9.17) is 9.15 Å². The van der Waals surface area contributed by atoms with Gasteiger partial charge in [0.25, 0.3) is 0 Å². The average molecular weight is 612 g/mol. The van der Waals surface area contributed by atoms with E-state index in [0.29, 0.717) is 30.1 Å². The summed E-state index contributed by atoms with van der Waals surface area (Å²) in [5.41, 5.74) is -0.366. The molecule has 0 radical (unpaired) electrons. The second kappa shape index (κ2) is 8.57. The number of ketones is 1. The number of carbonyl (C=O) groups is 2. The molecule has 6 heteroatoms. The summed E-state index contributed by atoms with van der Waals surface area (Å²) in [5.74, 6) is 3.48. The third-order valence-electron chi connectivity index (χ3n) is 16.3. The van der Waals surface area contributed by atoms with E-state index >= 15 is 0 Å². The van der Waals surface area contributed by atoms with Crippen molar-refractivity contribution in [2.45, 2.75) is 109 Å². The normalized spacial score (nSPS) is 53.4. The first kappa shape index (κ1) is 27.7. The molecule has 6 bridgehead atoms. The highest BCUT2D eigenvalue weighted by molar-refractivity contribution is 6.08. The second-order valence-electron chi connectivity index (χ2n) is 18.2. The van der Waals surface area contributed by atoms with Crippen LogP contribution in [0.5, 0.6) is 0 Å². The molecule has 11 aliphatic rings.